The van der Waals surface area contributed by atoms with Gasteiger partial charge in [-0.2, -0.15) is 0 Å². The standard InChI is InChI=1S/C8H10F2OS/c1-4-3-6(5(2)12-4)7(11)8(9)10/h3,7-8,11H,1-2H3. The number of rotatable bonds is 2. The zero-order valence-electron chi connectivity index (χ0n) is 6.84. The normalized spacial score (nSPS) is 13.8. The van der Waals surface area contributed by atoms with Crippen LogP contribution >= 0.6 is 11.3 Å². The molecule has 0 saturated heterocycles. The predicted molar refractivity (Wildman–Crippen MR) is 44.8 cm³/mol. The van der Waals surface area contributed by atoms with Crippen LogP contribution < -0.4 is 0 Å². The molecule has 4 heteroatoms. The van der Waals surface area contributed by atoms with Gasteiger partial charge < -0.3 is 5.11 Å². The van der Waals surface area contributed by atoms with Crippen molar-refractivity contribution in [3.63, 3.8) is 0 Å². The minimum atomic E-state index is -2.70. The summed E-state index contributed by atoms with van der Waals surface area (Å²) in [5, 5.41) is 9.05. The molecule has 1 N–H and O–H groups in total. The Labute approximate surface area is 73.7 Å². The van der Waals surface area contributed by atoms with E-state index in [1.54, 1.807) is 13.0 Å². The van der Waals surface area contributed by atoms with E-state index in [1.165, 1.54) is 11.3 Å². The van der Waals surface area contributed by atoms with Crippen LogP contribution in [0, 0.1) is 13.8 Å². The van der Waals surface area contributed by atoms with Gasteiger partial charge >= 0.3 is 0 Å². The third-order valence-electron chi connectivity index (χ3n) is 1.64. The van der Waals surface area contributed by atoms with E-state index in [-0.39, 0.29) is 0 Å². The molecule has 0 saturated carbocycles. The van der Waals surface area contributed by atoms with Gasteiger partial charge in [0.05, 0.1) is 0 Å². The predicted octanol–water partition coefficient (Wildman–Crippen LogP) is 2.66. The molecule has 0 aliphatic rings. The fourth-order valence-corrected chi connectivity index (χ4v) is 2.05. The summed E-state index contributed by atoms with van der Waals surface area (Å²) in [5.74, 6) is 0. The first-order chi connectivity index (χ1) is 5.52. The SMILES string of the molecule is Cc1cc(C(O)C(F)F)c(C)s1. The van der Waals surface area contributed by atoms with Crippen molar-refractivity contribution < 1.29 is 13.9 Å². The Morgan fingerprint density at radius 1 is 1.42 bits per heavy atom. The van der Waals surface area contributed by atoms with Crippen molar-refractivity contribution in [2.24, 2.45) is 0 Å². The van der Waals surface area contributed by atoms with Crippen LogP contribution in [0.25, 0.3) is 0 Å². The second-order valence-electron chi connectivity index (χ2n) is 2.65. The van der Waals surface area contributed by atoms with Gasteiger partial charge in [0.25, 0.3) is 6.43 Å². The summed E-state index contributed by atoms with van der Waals surface area (Å²) in [4.78, 5) is 1.71. The summed E-state index contributed by atoms with van der Waals surface area (Å²) >= 11 is 1.42. The van der Waals surface area contributed by atoms with Crippen LogP contribution in [-0.4, -0.2) is 11.5 Å². The van der Waals surface area contributed by atoms with Crippen molar-refractivity contribution in [3.05, 3.63) is 21.4 Å². The zero-order valence-corrected chi connectivity index (χ0v) is 7.66. The number of hydrogen-bond acceptors (Lipinski definition) is 2. The summed E-state index contributed by atoms with van der Waals surface area (Å²) in [6, 6.07) is 1.61. The van der Waals surface area contributed by atoms with Crippen molar-refractivity contribution in [3.8, 4) is 0 Å². The Hall–Kier alpha value is -0.480. The maximum absolute atomic E-state index is 12.1. The average molecular weight is 192 g/mol. The minimum absolute atomic E-state index is 0.354. The van der Waals surface area contributed by atoms with E-state index < -0.39 is 12.5 Å². The van der Waals surface area contributed by atoms with Gasteiger partial charge in [0, 0.05) is 15.3 Å². The molecule has 0 fully saturated rings. The third kappa shape index (κ3) is 1.81. The highest BCUT2D eigenvalue weighted by Crippen LogP contribution is 2.29. The fourth-order valence-electron chi connectivity index (χ4n) is 1.08. The summed E-state index contributed by atoms with van der Waals surface area (Å²) in [7, 11) is 0. The van der Waals surface area contributed by atoms with Gasteiger partial charge in [-0.1, -0.05) is 0 Å². The van der Waals surface area contributed by atoms with Crippen molar-refractivity contribution in [1.29, 1.82) is 0 Å². The summed E-state index contributed by atoms with van der Waals surface area (Å²) in [5.41, 5.74) is 0.354. The molecule has 0 aliphatic heterocycles. The lowest BCUT2D eigenvalue weighted by atomic mass is 10.1. The van der Waals surface area contributed by atoms with Crippen molar-refractivity contribution >= 4 is 11.3 Å². The summed E-state index contributed by atoms with van der Waals surface area (Å²) in [6.07, 6.45) is -4.33. The van der Waals surface area contributed by atoms with Crippen molar-refractivity contribution in [1.82, 2.24) is 0 Å². The van der Waals surface area contributed by atoms with Gasteiger partial charge in [-0.3, -0.25) is 0 Å². The van der Waals surface area contributed by atoms with Crippen LogP contribution in [0.1, 0.15) is 21.4 Å². The molecule has 68 valence electrons. The van der Waals surface area contributed by atoms with Gasteiger partial charge in [-0.05, 0) is 19.9 Å². The fraction of sp³-hybridized carbons (Fsp3) is 0.500. The first-order valence-electron chi connectivity index (χ1n) is 3.55. The first kappa shape index (κ1) is 9.61. The van der Waals surface area contributed by atoms with E-state index in [0.29, 0.717) is 5.56 Å². The Bertz CT molecular complexity index is 270. The Morgan fingerprint density at radius 3 is 2.33 bits per heavy atom. The molecule has 1 unspecified atom stereocenters. The van der Waals surface area contributed by atoms with Gasteiger partial charge in [0.15, 0.2) is 0 Å². The van der Waals surface area contributed by atoms with E-state index >= 15 is 0 Å². The lowest BCUT2D eigenvalue weighted by Crippen LogP contribution is -2.07. The van der Waals surface area contributed by atoms with Gasteiger partial charge in [-0.15, -0.1) is 11.3 Å². The molecule has 1 rings (SSSR count). The highest BCUT2D eigenvalue weighted by molar-refractivity contribution is 7.12. The Kier molecular flexibility index (Phi) is 2.80. The smallest absolute Gasteiger partial charge is 0.268 e. The quantitative estimate of drug-likeness (QED) is 0.763. The Morgan fingerprint density at radius 2 is 2.00 bits per heavy atom. The zero-order chi connectivity index (χ0) is 9.30. The molecular weight excluding hydrogens is 182 g/mol. The van der Waals surface area contributed by atoms with Crippen LogP contribution in [0.3, 0.4) is 0 Å². The molecule has 1 heterocycles. The van der Waals surface area contributed by atoms with Gasteiger partial charge in [0.2, 0.25) is 0 Å². The number of alkyl halides is 2. The number of aryl methyl sites for hydroxylation is 2. The van der Waals surface area contributed by atoms with Crippen LogP contribution in [0.4, 0.5) is 8.78 Å². The molecule has 1 atom stereocenters. The number of aliphatic hydroxyl groups excluding tert-OH is 1. The maximum Gasteiger partial charge on any atom is 0.268 e. The van der Waals surface area contributed by atoms with E-state index in [1.807, 2.05) is 6.92 Å². The molecule has 1 aromatic rings. The maximum atomic E-state index is 12.1. The van der Waals surface area contributed by atoms with Crippen LogP contribution in [0.2, 0.25) is 0 Å². The van der Waals surface area contributed by atoms with Crippen LogP contribution in [-0.2, 0) is 0 Å². The second-order valence-corrected chi connectivity index (χ2v) is 4.11. The van der Waals surface area contributed by atoms with E-state index in [9.17, 15) is 8.78 Å². The molecule has 0 aliphatic carbocycles. The van der Waals surface area contributed by atoms with Crippen molar-refractivity contribution in [2.75, 3.05) is 0 Å². The van der Waals surface area contributed by atoms with Gasteiger partial charge in [-0.25, -0.2) is 8.78 Å². The monoisotopic (exact) mass is 192 g/mol. The second kappa shape index (κ2) is 3.49. The highest BCUT2D eigenvalue weighted by atomic mass is 32.1. The molecule has 1 nitrogen and oxygen atoms in total. The number of hydrogen-bond donors (Lipinski definition) is 1. The molecule has 0 amide bonds. The largest absolute Gasteiger partial charge is 0.382 e. The molecule has 0 spiro atoms. The highest BCUT2D eigenvalue weighted by Gasteiger charge is 2.21. The number of thiophene rings is 1. The third-order valence-corrected chi connectivity index (χ3v) is 2.62. The van der Waals surface area contributed by atoms with Gasteiger partial charge in [0.1, 0.15) is 6.10 Å². The number of halogens is 2. The first-order valence-corrected chi connectivity index (χ1v) is 4.37. The van der Waals surface area contributed by atoms with Crippen LogP contribution in [0.5, 0.6) is 0 Å². The summed E-state index contributed by atoms with van der Waals surface area (Å²) in [6.45, 7) is 3.57. The lowest BCUT2D eigenvalue weighted by molar-refractivity contribution is -0.00586. The molecule has 12 heavy (non-hydrogen) atoms. The molecule has 1 aromatic heterocycles. The molecule has 0 aromatic carbocycles. The summed E-state index contributed by atoms with van der Waals surface area (Å²) < 4.78 is 24.1. The lowest BCUT2D eigenvalue weighted by Gasteiger charge is -2.07. The molecule has 0 radical (unpaired) electrons. The molecule has 0 bridgehead atoms. The minimum Gasteiger partial charge on any atom is -0.382 e. The van der Waals surface area contributed by atoms with E-state index in [4.69, 9.17) is 5.11 Å². The average Bonchev–Trinajstić information content (AvgIpc) is 2.28. The van der Waals surface area contributed by atoms with E-state index in [0.717, 1.165) is 9.75 Å². The Balaban J connectivity index is 2.94. The number of aliphatic hydroxyl groups is 1. The van der Waals surface area contributed by atoms with Crippen molar-refractivity contribution in [2.45, 2.75) is 26.4 Å². The molecular formula is C8H10F2OS. The van der Waals surface area contributed by atoms with E-state index in [2.05, 4.69) is 0 Å². The van der Waals surface area contributed by atoms with Crippen LogP contribution in [0.15, 0.2) is 6.07 Å². The topological polar surface area (TPSA) is 20.2 Å².